The highest BCUT2D eigenvalue weighted by atomic mass is 32.2. The Kier molecular flexibility index (Phi) is 6.47. The molecule has 3 nitrogen and oxygen atoms in total. The summed E-state index contributed by atoms with van der Waals surface area (Å²) in [5.74, 6) is 3.24. The molecule has 0 radical (unpaired) electrons. The van der Waals surface area contributed by atoms with Crippen LogP contribution in [0.2, 0.25) is 0 Å². The molecule has 0 aliphatic carbocycles. The molecule has 0 aliphatic rings. The van der Waals surface area contributed by atoms with Crippen LogP contribution in [0.3, 0.4) is 0 Å². The molecule has 0 fully saturated rings. The molecule has 0 spiro atoms. The zero-order chi connectivity index (χ0) is 13.5. The monoisotopic (exact) mass is 267 g/mol. The molecular formula is C14H25N3S. The lowest BCUT2D eigenvalue weighted by molar-refractivity contribution is 0.798. The maximum Gasteiger partial charge on any atom is 0.140 e. The SMILES string of the molecule is CCNc1cc(C(C)C)nc(CSC(C)CC)n1. The summed E-state index contributed by atoms with van der Waals surface area (Å²) in [4.78, 5) is 9.22. The van der Waals surface area contributed by atoms with E-state index in [-0.39, 0.29) is 0 Å². The first kappa shape index (κ1) is 15.3. The molecule has 0 aromatic carbocycles. The predicted octanol–water partition coefficient (Wildman–Crippen LogP) is 4.06. The first-order valence-electron chi connectivity index (χ1n) is 6.80. The molecule has 1 aromatic heterocycles. The molecule has 4 heteroatoms. The lowest BCUT2D eigenvalue weighted by Crippen LogP contribution is -2.07. The highest BCUT2D eigenvalue weighted by molar-refractivity contribution is 7.99. The van der Waals surface area contributed by atoms with Crippen LogP contribution in [0.25, 0.3) is 0 Å². The number of aromatic nitrogens is 2. The van der Waals surface area contributed by atoms with Gasteiger partial charge in [-0.1, -0.05) is 27.7 Å². The van der Waals surface area contributed by atoms with Crippen LogP contribution in [0.5, 0.6) is 0 Å². The standard InChI is InChI=1S/C14H25N3S/c1-6-11(5)18-9-14-16-12(10(3)4)8-13(17-14)15-7-2/h8,10-11H,6-7,9H2,1-5H3,(H,15,16,17). The number of hydrogen-bond donors (Lipinski definition) is 1. The van der Waals surface area contributed by atoms with Gasteiger partial charge in [-0.15, -0.1) is 0 Å². The molecule has 102 valence electrons. The quantitative estimate of drug-likeness (QED) is 0.808. The van der Waals surface area contributed by atoms with Crippen molar-refractivity contribution in [1.82, 2.24) is 9.97 Å². The zero-order valence-corrected chi connectivity index (χ0v) is 13.0. The number of rotatable bonds is 7. The van der Waals surface area contributed by atoms with Gasteiger partial charge in [0.15, 0.2) is 0 Å². The molecule has 1 heterocycles. The second-order valence-electron chi connectivity index (χ2n) is 4.81. The van der Waals surface area contributed by atoms with Gasteiger partial charge < -0.3 is 5.32 Å². The summed E-state index contributed by atoms with van der Waals surface area (Å²) >= 11 is 1.92. The van der Waals surface area contributed by atoms with E-state index in [0.717, 1.165) is 29.6 Å². The third kappa shape index (κ3) is 4.84. The Labute approximate surface area is 115 Å². The van der Waals surface area contributed by atoms with Crippen LogP contribution in [0.4, 0.5) is 5.82 Å². The van der Waals surface area contributed by atoms with Gasteiger partial charge in [0.25, 0.3) is 0 Å². The van der Waals surface area contributed by atoms with E-state index in [1.807, 2.05) is 11.8 Å². The molecule has 0 aliphatic heterocycles. The van der Waals surface area contributed by atoms with Crippen molar-refractivity contribution in [2.75, 3.05) is 11.9 Å². The van der Waals surface area contributed by atoms with Gasteiger partial charge in [0, 0.05) is 23.6 Å². The minimum Gasteiger partial charge on any atom is -0.370 e. The van der Waals surface area contributed by atoms with Crippen LogP contribution in [0.15, 0.2) is 6.07 Å². The van der Waals surface area contributed by atoms with E-state index in [1.54, 1.807) is 0 Å². The summed E-state index contributed by atoms with van der Waals surface area (Å²) in [5, 5.41) is 3.95. The molecule has 0 saturated heterocycles. The molecule has 18 heavy (non-hydrogen) atoms. The Bertz CT molecular complexity index is 366. The second kappa shape index (κ2) is 7.62. The zero-order valence-electron chi connectivity index (χ0n) is 12.2. The average Bonchev–Trinajstić information content (AvgIpc) is 2.36. The Balaban J connectivity index is 2.82. The molecule has 1 rings (SSSR count). The normalized spacial score (nSPS) is 12.8. The lowest BCUT2D eigenvalue weighted by atomic mass is 10.1. The number of anilines is 1. The Hall–Kier alpha value is -0.770. The molecular weight excluding hydrogens is 242 g/mol. The van der Waals surface area contributed by atoms with Crippen molar-refractivity contribution in [3.8, 4) is 0 Å². The van der Waals surface area contributed by atoms with E-state index >= 15 is 0 Å². The number of nitrogens with zero attached hydrogens (tertiary/aromatic N) is 2. The molecule has 0 saturated carbocycles. The maximum absolute atomic E-state index is 4.65. The topological polar surface area (TPSA) is 37.8 Å². The van der Waals surface area contributed by atoms with E-state index in [4.69, 9.17) is 0 Å². The molecule has 1 unspecified atom stereocenters. The van der Waals surface area contributed by atoms with Gasteiger partial charge in [-0.3, -0.25) is 0 Å². The van der Waals surface area contributed by atoms with Gasteiger partial charge in [0.05, 0.1) is 5.75 Å². The molecule has 1 aromatic rings. The minimum atomic E-state index is 0.442. The van der Waals surface area contributed by atoms with Crippen LogP contribution in [-0.2, 0) is 5.75 Å². The number of thioether (sulfide) groups is 1. The van der Waals surface area contributed by atoms with Gasteiger partial charge in [0.1, 0.15) is 11.6 Å². The summed E-state index contributed by atoms with van der Waals surface area (Å²) in [7, 11) is 0. The third-order valence-corrected chi connectivity index (χ3v) is 4.14. The van der Waals surface area contributed by atoms with Crippen molar-refractivity contribution in [2.45, 2.75) is 58.0 Å². The third-order valence-electron chi connectivity index (χ3n) is 2.81. The van der Waals surface area contributed by atoms with E-state index in [1.165, 1.54) is 6.42 Å². The Morgan fingerprint density at radius 1 is 1.22 bits per heavy atom. The Morgan fingerprint density at radius 3 is 2.50 bits per heavy atom. The molecule has 1 N–H and O–H groups in total. The summed E-state index contributed by atoms with van der Waals surface area (Å²) < 4.78 is 0. The highest BCUT2D eigenvalue weighted by Crippen LogP contribution is 2.21. The summed E-state index contributed by atoms with van der Waals surface area (Å²) in [6.45, 7) is 11.8. The first-order chi connectivity index (χ1) is 8.56. The maximum atomic E-state index is 4.65. The fourth-order valence-electron chi connectivity index (χ4n) is 1.48. The summed E-state index contributed by atoms with van der Waals surface area (Å²) in [6.07, 6.45) is 1.19. The molecule has 0 amide bonds. The van der Waals surface area contributed by atoms with E-state index in [2.05, 4.69) is 56.0 Å². The second-order valence-corrected chi connectivity index (χ2v) is 6.24. The largest absolute Gasteiger partial charge is 0.370 e. The van der Waals surface area contributed by atoms with Crippen molar-refractivity contribution < 1.29 is 0 Å². The highest BCUT2D eigenvalue weighted by Gasteiger charge is 2.09. The fraction of sp³-hybridized carbons (Fsp3) is 0.714. The molecule has 1 atom stereocenters. The van der Waals surface area contributed by atoms with Crippen molar-refractivity contribution in [1.29, 1.82) is 0 Å². The smallest absolute Gasteiger partial charge is 0.140 e. The van der Waals surface area contributed by atoms with Crippen LogP contribution in [0, 0.1) is 0 Å². The van der Waals surface area contributed by atoms with Crippen LogP contribution in [-0.4, -0.2) is 21.8 Å². The number of hydrogen-bond acceptors (Lipinski definition) is 4. The van der Waals surface area contributed by atoms with Gasteiger partial charge >= 0.3 is 0 Å². The molecule has 0 bridgehead atoms. The number of nitrogens with one attached hydrogen (secondary N) is 1. The average molecular weight is 267 g/mol. The van der Waals surface area contributed by atoms with Gasteiger partial charge in [-0.2, -0.15) is 11.8 Å². The van der Waals surface area contributed by atoms with E-state index in [0.29, 0.717) is 11.2 Å². The van der Waals surface area contributed by atoms with E-state index < -0.39 is 0 Å². The summed E-state index contributed by atoms with van der Waals surface area (Å²) in [5.41, 5.74) is 1.13. The van der Waals surface area contributed by atoms with Crippen molar-refractivity contribution >= 4 is 17.6 Å². The predicted molar refractivity (Wildman–Crippen MR) is 81.3 cm³/mol. The van der Waals surface area contributed by atoms with Crippen molar-refractivity contribution in [2.24, 2.45) is 0 Å². The Morgan fingerprint density at radius 2 is 1.94 bits per heavy atom. The van der Waals surface area contributed by atoms with Gasteiger partial charge in [-0.05, 0) is 19.3 Å². The summed E-state index contributed by atoms with van der Waals surface area (Å²) in [6, 6.07) is 2.06. The first-order valence-corrected chi connectivity index (χ1v) is 7.85. The van der Waals surface area contributed by atoms with Gasteiger partial charge in [-0.25, -0.2) is 9.97 Å². The van der Waals surface area contributed by atoms with E-state index in [9.17, 15) is 0 Å². The lowest BCUT2D eigenvalue weighted by Gasteiger charge is -2.12. The van der Waals surface area contributed by atoms with Crippen LogP contribution < -0.4 is 5.32 Å². The van der Waals surface area contributed by atoms with Crippen LogP contribution in [0.1, 0.15) is 58.5 Å². The van der Waals surface area contributed by atoms with Crippen LogP contribution >= 0.6 is 11.8 Å². The van der Waals surface area contributed by atoms with Gasteiger partial charge in [0.2, 0.25) is 0 Å². The minimum absolute atomic E-state index is 0.442. The van der Waals surface area contributed by atoms with Crippen molar-refractivity contribution in [3.63, 3.8) is 0 Å². The fourth-order valence-corrected chi connectivity index (χ4v) is 2.28. The van der Waals surface area contributed by atoms with Crippen molar-refractivity contribution in [3.05, 3.63) is 17.6 Å².